The predicted molar refractivity (Wildman–Crippen MR) is 101 cm³/mol. The number of hydrogen-bond donors (Lipinski definition) is 1. The van der Waals surface area contributed by atoms with Gasteiger partial charge in [0.1, 0.15) is 5.82 Å². The summed E-state index contributed by atoms with van der Waals surface area (Å²) in [7, 11) is 0. The molecule has 0 saturated heterocycles. The SMILES string of the molecule is CCc1ccc(C(C)NC(=O)CSc2nnc(C3CC3)n2CC)cc1. The number of carbonyl (C=O) groups is 1. The van der Waals surface area contributed by atoms with E-state index in [9.17, 15) is 4.79 Å². The van der Waals surface area contributed by atoms with Crippen LogP contribution in [0.15, 0.2) is 29.4 Å². The van der Waals surface area contributed by atoms with Crippen LogP contribution in [0.2, 0.25) is 0 Å². The molecule has 1 N–H and O–H groups in total. The topological polar surface area (TPSA) is 59.8 Å². The normalized spacial score (nSPS) is 15.2. The zero-order chi connectivity index (χ0) is 17.8. The van der Waals surface area contributed by atoms with Crippen LogP contribution in [-0.2, 0) is 17.8 Å². The van der Waals surface area contributed by atoms with E-state index < -0.39 is 0 Å². The molecule has 1 atom stereocenters. The van der Waals surface area contributed by atoms with Crippen molar-refractivity contribution < 1.29 is 4.79 Å². The summed E-state index contributed by atoms with van der Waals surface area (Å²) in [5.41, 5.74) is 2.44. The van der Waals surface area contributed by atoms with E-state index in [1.54, 1.807) is 0 Å². The fraction of sp³-hybridized carbons (Fsp3) is 0.526. The molecule has 1 aliphatic rings. The highest BCUT2D eigenvalue weighted by atomic mass is 32.2. The summed E-state index contributed by atoms with van der Waals surface area (Å²) in [6.07, 6.45) is 3.44. The van der Waals surface area contributed by atoms with Gasteiger partial charge in [0.15, 0.2) is 5.16 Å². The number of benzene rings is 1. The molecule has 1 amide bonds. The molecule has 1 heterocycles. The maximum Gasteiger partial charge on any atom is 0.230 e. The van der Waals surface area contributed by atoms with Gasteiger partial charge < -0.3 is 9.88 Å². The number of nitrogens with one attached hydrogen (secondary N) is 1. The van der Waals surface area contributed by atoms with Gasteiger partial charge in [0, 0.05) is 12.5 Å². The van der Waals surface area contributed by atoms with Crippen molar-refractivity contribution >= 4 is 17.7 Å². The number of hydrogen-bond acceptors (Lipinski definition) is 4. The van der Waals surface area contributed by atoms with E-state index in [4.69, 9.17) is 0 Å². The van der Waals surface area contributed by atoms with E-state index in [0.717, 1.165) is 29.5 Å². The van der Waals surface area contributed by atoms with Crippen molar-refractivity contribution in [1.82, 2.24) is 20.1 Å². The average molecular weight is 359 g/mol. The van der Waals surface area contributed by atoms with Crippen molar-refractivity contribution in [3.63, 3.8) is 0 Å². The fourth-order valence-corrected chi connectivity index (χ4v) is 3.71. The molecule has 5 nitrogen and oxygen atoms in total. The Hall–Kier alpha value is -1.82. The zero-order valence-electron chi connectivity index (χ0n) is 15.2. The summed E-state index contributed by atoms with van der Waals surface area (Å²) in [5, 5.41) is 12.5. The van der Waals surface area contributed by atoms with Crippen LogP contribution in [-0.4, -0.2) is 26.4 Å². The molecule has 134 valence electrons. The van der Waals surface area contributed by atoms with Gasteiger partial charge in [-0.25, -0.2) is 0 Å². The fourth-order valence-electron chi connectivity index (χ4n) is 2.89. The third kappa shape index (κ3) is 4.42. The molecule has 3 rings (SSSR count). The molecule has 0 radical (unpaired) electrons. The van der Waals surface area contributed by atoms with Gasteiger partial charge >= 0.3 is 0 Å². The van der Waals surface area contributed by atoms with Crippen molar-refractivity contribution in [2.75, 3.05) is 5.75 Å². The number of carbonyl (C=O) groups excluding carboxylic acids is 1. The van der Waals surface area contributed by atoms with Crippen molar-refractivity contribution in [1.29, 1.82) is 0 Å². The van der Waals surface area contributed by atoms with Crippen molar-refractivity contribution in [2.24, 2.45) is 0 Å². The van der Waals surface area contributed by atoms with Gasteiger partial charge in [-0.1, -0.05) is 43.0 Å². The summed E-state index contributed by atoms with van der Waals surface area (Å²) in [4.78, 5) is 12.3. The lowest BCUT2D eigenvalue weighted by atomic mass is 10.1. The van der Waals surface area contributed by atoms with Gasteiger partial charge in [-0.15, -0.1) is 10.2 Å². The summed E-state index contributed by atoms with van der Waals surface area (Å²) < 4.78 is 2.14. The first-order chi connectivity index (χ1) is 12.1. The maximum absolute atomic E-state index is 12.3. The number of aromatic nitrogens is 3. The molecule has 1 saturated carbocycles. The van der Waals surface area contributed by atoms with Crippen molar-refractivity contribution in [2.45, 2.75) is 63.7 Å². The van der Waals surface area contributed by atoms with Gasteiger partial charge in [-0.05, 0) is 44.2 Å². The van der Waals surface area contributed by atoms with Crippen LogP contribution in [0.25, 0.3) is 0 Å². The van der Waals surface area contributed by atoms with Gasteiger partial charge in [-0.3, -0.25) is 4.79 Å². The molecule has 0 aliphatic heterocycles. The summed E-state index contributed by atoms with van der Waals surface area (Å²) >= 11 is 1.47. The Kier molecular flexibility index (Phi) is 5.78. The maximum atomic E-state index is 12.3. The monoisotopic (exact) mass is 358 g/mol. The largest absolute Gasteiger partial charge is 0.349 e. The smallest absolute Gasteiger partial charge is 0.230 e. The van der Waals surface area contributed by atoms with Crippen molar-refractivity contribution in [3.05, 3.63) is 41.2 Å². The molecular weight excluding hydrogens is 332 g/mol. The van der Waals surface area contributed by atoms with E-state index in [1.165, 1.54) is 30.2 Å². The van der Waals surface area contributed by atoms with Crippen LogP contribution >= 0.6 is 11.8 Å². The van der Waals surface area contributed by atoms with Gasteiger partial charge in [-0.2, -0.15) is 0 Å². The lowest BCUT2D eigenvalue weighted by Crippen LogP contribution is -2.28. The molecule has 1 unspecified atom stereocenters. The molecule has 1 fully saturated rings. The number of thioether (sulfide) groups is 1. The minimum atomic E-state index is 0.00470. The minimum Gasteiger partial charge on any atom is -0.349 e. The van der Waals surface area contributed by atoms with Gasteiger partial charge in [0.2, 0.25) is 5.91 Å². The second kappa shape index (κ2) is 8.04. The van der Waals surface area contributed by atoms with E-state index in [-0.39, 0.29) is 11.9 Å². The molecular formula is C19H26N4OS. The molecule has 25 heavy (non-hydrogen) atoms. The van der Waals surface area contributed by atoms with Crippen LogP contribution in [0, 0.1) is 0 Å². The Bertz CT molecular complexity index is 722. The highest BCUT2D eigenvalue weighted by molar-refractivity contribution is 7.99. The Balaban J connectivity index is 1.53. The number of aryl methyl sites for hydroxylation is 1. The van der Waals surface area contributed by atoms with Crippen molar-refractivity contribution in [3.8, 4) is 0 Å². The highest BCUT2D eigenvalue weighted by Gasteiger charge is 2.30. The number of rotatable bonds is 8. The molecule has 2 aromatic rings. The molecule has 1 aromatic heterocycles. The van der Waals surface area contributed by atoms with E-state index in [0.29, 0.717) is 11.7 Å². The quantitative estimate of drug-likeness (QED) is 0.731. The average Bonchev–Trinajstić information content (AvgIpc) is 3.39. The number of amides is 1. The number of nitrogens with zero attached hydrogens (tertiary/aromatic N) is 3. The Morgan fingerprint density at radius 1 is 1.28 bits per heavy atom. The molecule has 1 aliphatic carbocycles. The van der Waals surface area contributed by atoms with E-state index >= 15 is 0 Å². The first-order valence-electron chi connectivity index (χ1n) is 9.06. The summed E-state index contributed by atoms with van der Waals surface area (Å²) in [5.74, 6) is 2.03. The first kappa shape index (κ1) is 18.0. The Morgan fingerprint density at radius 2 is 2.00 bits per heavy atom. The van der Waals surface area contributed by atoms with Crippen LogP contribution in [0.3, 0.4) is 0 Å². The third-order valence-corrected chi connectivity index (χ3v) is 5.57. The highest BCUT2D eigenvalue weighted by Crippen LogP contribution is 2.39. The summed E-state index contributed by atoms with van der Waals surface area (Å²) in [6, 6.07) is 8.43. The van der Waals surface area contributed by atoms with Crippen LogP contribution in [0.5, 0.6) is 0 Å². The second-order valence-corrected chi connectivity index (χ2v) is 7.47. The van der Waals surface area contributed by atoms with E-state index in [1.807, 2.05) is 6.92 Å². The predicted octanol–water partition coefficient (Wildman–Crippen LogP) is 3.71. The molecule has 0 bridgehead atoms. The molecule has 1 aromatic carbocycles. The van der Waals surface area contributed by atoms with Crippen LogP contribution < -0.4 is 5.32 Å². The Morgan fingerprint density at radius 3 is 2.60 bits per heavy atom. The zero-order valence-corrected chi connectivity index (χ0v) is 16.0. The lowest BCUT2D eigenvalue weighted by molar-refractivity contribution is -0.119. The molecule has 6 heteroatoms. The Labute approximate surface area is 153 Å². The van der Waals surface area contributed by atoms with Gasteiger partial charge in [0.25, 0.3) is 0 Å². The summed E-state index contributed by atoms with van der Waals surface area (Å²) in [6.45, 7) is 7.11. The first-order valence-corrected chi connectivity index (χ1v) is 10.0. The van der Waals surface area contributed by atoms with Gasteiger partial charge in [0.05, 0.1) is 11.8 Å². The minimum absolute atomic E-state index is 0.00470. The lowest BCUT2D eigenvalue weighted by Gasteiger charge is -2.14. The van der Waals surface area contributed by atoms with Crippen LogP contribution in [0.4, 0.5) is 0 Å². The van der Waals surface area contributed by atoms with E-state index in [2.05, 4.69) is 58.2 Å². The third-order valence-electron chi connectivity index (χ3n) is 4.60. The molecule has 0 spiro atoms. The standard InChI is InChI=1S/C19H26N4OS/c1-4-14-6-8-15(9-7-14)13(3)20-17(24)12-25-19-22-21-18(16-10-11-16)23(19)5-2/h6-9,13,16H,4-5,10-12H2,1-3H3,(H,20,24). The second-order valence-electron chi connectivity index (χ2n) is 6.53. The van der Waals surface area contributed by atoms with Crippen LogP contribution in [0.1, 0.15) is 62.5 Å².